The molecule has 0 radical (unpaired) electrons. The van der Waals surface area contributed by atoms with Crippen LogP contribution in [-0.4, -0.2) is 85.9 Å². The maximum absolute atomic E-state index is 13.6. The molecule has 5 rings (SSSR count). The van der Waals surface area contributed by atoms with Crippen LogP contribution in [0.4, 0.5) is 0 Å². The van der Waals surface area contributed by atoms with Crippen molar-refractivity contribution in [1.82, 2.24) is 0 Å². The molecule has 4 N–H and O–H groups in total. The number of methoxy groups -OCH3 is 3. The Balaban J connectivity index is 1.67. The molecule has 2 aliphatic heterocycles. The molecule has 0 spiro atoms. The molecule has 2 aliphatic rings. The van der Waals surface area contributed by atoms with Gasteiger partial charge in [-0.2, -0.15) is 0 Å². The van der Waals surface area contributed by atoms with Gasteiger partial charge in [0, 0.05) is 11.6 Å². The Labute approximate surface area is 215 Å². The van der Waals surface area contributed by atoms with Gasteiger partial charge in [0.05, 0.1) is 27.9 Å². The van der Waals surface area contributed by atoms with Crippen molar-refractivity contribution >= 4 is 11.0 Å². The van der Waals surface area contributed by atoms with Gasteiger partial charge >= 0.3 is 0 Å². The van der Waals surface area contributed by atoms with E-state index in [2.05, 4.69) is 0 Å². The summed E-state index contributed by atoms with van der Waals surface area (Å²) in [5.74, 6) is 0.852. The summed E-state index contributed by atoms with van der Waals surface area (Å²) in [5.41, 5.74) is -0.174. The van der Waals surface area contributed by atoms with Crippen molar-refractivity contribution in [3.8, 4) is 45.8 Å². The smallest absolute Gasteiger partial charge is 0.239 e. The van der Waals surface area contributed by atoms with Crippen LogP contribution in [0.15, 0.2) is 33.5 Å². The van der Waals surface area contributed by atoms with Gasteiger partial charge in [0.15, 0.2) is 28.6 Å². The van der Waals surface area contributed by atoms with Gasteiger partial charge < -0.3 is 58.0 Å². The average molecular weight is 534 g/mol. The standard InChI is InChI=1S/C25H26O13/c1-31-13-7-14(36-25-20(30)19(29)17(27)15(8-26)37-25)22(32-2)23-16(13)18(28)24(33-3)21(38-23)10-4-5-11-12(6-10)35-9-34-11/h4-7,15,17,19-20,25-27,29-30H,8-9H2,1-3H3. The van der Waals surface area contributed by atoms with E-state index in [1.54, 1.807) is 18.2 Å². The minimum absolute atomic E-state index is 0.00755. The second kappa shape index (κ2) is 10.2. The number of ether oxygens (including phenoxy) is 7. The SMILES string of the molecule is COc1c(-c2ccc3c(c2)OCO3)oc2c(OC)c(OC3OC(CO)C(O)C(O)C3O)cc(OC)c2c1=O. The van der Waals surface area contributed by atoms with Crippen LogP contribution in [0.3, 0.4) is 0 Å². The number of benzene rings is 2. The van der Waals surface area contributed by atoms with Gasteiger partial charge in [0.2, 0.25) is 30.0 Å². The molecule has 0 amide bonds. The molecule has 3 heterocycles. The lowest BCUT2D eigenvalue weighted by atomic mass is 9.99. The molecule has 0 saturated carbocycles. The van der Waals surface area contributed by atoms with Crippen molar-refractivity contribution in [2.75, 3.05) is 34.7 Å². The zero-order valence-corrected chi connectivity index (χ0v) is 20.6. The first kappa shape index (κ1) is 25.9. The van der Waals surface area contributed by atoms with Crippen LogP contribution in [-0.2, 0) is 4.74 Å². The van der Waals surface area contributed by atoms with E-state index >= 15 is 0 Å². The highest BCUT2D eigenvalue weighted by Gasteiger charge is 2.45. The third-order valence-electron chi connectivity index (χ3n) is 6.36. The number of fused-ring (bicyclic) bond motifs is 2. The third-order valence-corrected chi connectivity index (χ3v) is 6.36. The molecule has 5 atom stereocenters. The highest BCUT2D eigenvalue weighted by molar-refractivity contribution is 5.93. The lowest BCUT2D eigenvalue weighted by molar-refractivity contribution is -0.277. The molecule has 2 aromatic carbocycles. The Morgan fingerprint density at radius 1 is 0.895 bits per heavy atom. The Kier molecular flexibility index (Phi) is 6.94. The van der Waals surface area contributed by atoms with Crippen molar-refractivity contribution in [1.29, 1.82) is 0 Å². The Bertz CT molecular complexity index is 1400. The molecule has 1 fully saturated rings. The normalized spacial score (nSPS) is 24.3. The van der Waals surface area contributed by atoms with E-state index in [1.807, 2.05) is 0 Å². The summed E-state index contributed by atoms with van der Waals surface area (Å²) in [6.07, 6.45) is -7.66. The second-order valence-electron chi connectivity index (χ2n) is 8.49. The van der Waals surface area contributed by atoms with Crippen molar-refractivity contribution in [2.45, 2.75) is 30.7 Å². The first-order valence-electron chi connectivity index (χ1n) is 11.5. The van der Waals surface area contributed by atoms with Crippen LogP contribution in [0.2, 0.25) is 0 Å². The van der Waals surface area contributed by atoms with Crippen molar-refractivity contribution in [2.24, 2.45) is 0 Å². The molecular formula is C25H26O13. The van der Waals surface area contributed by atoms with Gasteiger partial charge in [0.25, 0.3) is 0 Å². The van der Waals surface area contributed by atoms with Crippen LogP contribution in [0, 0.1) is 0 Å². The van der Waals surface area contributed by atoms with Crippen LogP contribution in [0.25, 0.3) is 22.3 Å². The maximum Gasteiger partial charge on any atom is 0.239 e. The number of hydrogen-bond acceptors (Lipinski definition) is 13. The fourth-order valence-electron chi connectivity index (χ4n) is 4.42. The summed E-state index contributed by atoms with van der Waals surface area (Å²) in [4.78, 5) is 13.6. The van der Waals surface area contributed by atoms with Crippen LogP contribution in [0.1, 0.15) is 0 Å². The summed E-state index contributed by atoms with van der Waals surface area (Å²) in [5, 5.41) is 40.1. The number of aliphatic hydroxyl groups excluding tert-OH is 4. The monoisotopic (exact) mass is 534 g/mol. The van der Waals surface area contributed by atoms with E-state index < -0.39 is 42.7 Å². The van der Waals surface area contributed by atoms with Gasteiger partial charge in [-0.15, -0.1) is 0 Å². The fourth-order valence-corrected chi connectivity index (χ4v) is 4.42. The molecule has 1 aromatic heterocycles. The molecule has 13 nitrogen and oxygen atoms in total. The van der Waals surface area contributed by atoms with Gasteiger partial charge in [-0.1, -0.05) is 0 Å². The van der Waals surface area contributed by atoms with Crippen LogP contribution in [0.5, 0.6) is 34.5 Å². The molecule has 3 aromatic rings. The molecule has 0 bridgehead atoms. The summed E-state index contributed by atoms with van der Waals surface area (Å²) >= 11 is 0. The van der Waals surface area contributed by atoms with E-state index in [1.165, 1.54) is 27.4 Å². The van der Waals surface area contributed by atoms with Crippen molar-refractivity contribution in [3.05, 3.63) is 34.5 Å². The van der Waals surface area contributed by atoms with Gasteiger partial charge in [-0.25, -0.2) is 0 Å². The molecule has 13 heteroatoms. The number of aliphatic hydroxyl groups is 4. The minimum atomic E-state index is -1.69. The summed E-state index contributed by atoms with van der Waals surface area (Å²) in [7, 11) is 3.97. The largest absolute Gasteiger partial charge is 0.496 e. The predicted molar refractivity (Wildman–Crippen MR) is 128 cm³/mol. The second-order valence-corrected chi connectivity index (χ2v) is 8.49. The molecule has 1 saturated heterocycles. The fraction of sp³-hybridized carbons (Fsp3) is 0.400. The van der Waals surface area contributed by atoms with E-state index in [0.717, 1.165) is 0 Å². The predicted octanol–water partition coefficient (Wildman–Crippen LogP) is 0.393. The zero-order valence-electron chi connectivity index (χ0n) is 20.6. The minimum Gasteiger partial charge on any atom is -0.496 e. The number of hydrogen-bond donors (Lipinski definition) is 4. The van der Waals surface area contributed by atoms with E-state index in [9.17, 15) is 25.2 Å². The van der Waals surface area contributed by atoms with Gasteiger partial charge in [-0.3, -0.25) is 4.79 Å². The average Bonchev–Trinajstić information content (AvgIpc) is 3.40. The lowest BCUT2D eigenvalue weighted by Gasteiger charge is -2.39. The Morgan fingerprint density at radius 3 is 2.32 bits per heavy atom. The quantitative estimate of drug-likeness (QED) is 0.328. The van der Waals surface area contributed by atoms with Gasteiger partial charge in [0.1, 0.15) is 35.6 Å². The summed E-state index contributed by atoms with van der Waals surface area (Å²) in [6.45, 7) is -0.586. The van der Waals surface area contributed by atoms with E-state index in [4.69, 9.17) is 37.6 Å². The van der Waals surface area contributed by atoms with Crippen molar-refractivity contribution in [3.63, 3.8) is 0 Å². The molecular weight excluding hydrogens is 508 g/mol. The molecule has 5 unspecified atom stereocenters. The highest BCUT2D eigenvalue weighted by atomic mass is 16.7. The van der Waals surface area contributed by atoms with Gasteiger partial charge in [-0.05, 0) is 18.2 Å². The summed E-state index contributed by atoms with van der Waals surface area (Å²) in [6, 6.07) is 6.28. The number of rotatable bonds is 7. The third kappa shape index (κ3) is 4.14. The molecule has 0 aliphatic carbocycles. The first-order valence-corrected chi connectivity index (χ1v) is 11.5. The zero-order chi connectivity index (χ0) is 27.1. The highest BCUT2D eigenvalue weighted by Crippen LogP contribution is 2.45. The first-order chi connectivity index (χ1) is 18.3. The van der Waals surface area contributed by atoms with Crippen molar-refractivity contribution < 1.29 is 58.0 Å². The molecule has 204 valence electrons. The maximum atomic E-state index is 13.6. The van der Waals surface area contributed by atoms with Crippen LogP contribution >= 0.6 is 0 Å². The summed E-state index contributed by atoms with van der Waals surface area (Å²) < 4.78 is 44.6. The Hall–Kier alpha value is -3.75. The molecule has 38 heavy (non-hydrogen) atoms. The Morgan fingerprint density at radius 2 is 1.63 bits per heavy atom. The van der Waals surface area contributed by atoms with E-state index in [0.29, 0.717) is 17.1 Å². The lowest BCUT2D eigenvalue weighted by Crippen LogP contribution is -2.60. The van der Waals surface area contributed by atoms with E-state index in [-0.39, 0.29) is 46.5 Å². The van der Waals surface area contributed by atoms with Crippen LogP contribution < -0.4 is 33.8 Å². The topological polar surface area (TPSA) is 176 Å².